The summed E-state index contributed by atoms with van der Waals surface area (Å²) in [6, 6.07) is 6.02. The SMILES string of the molecule is CC(C)[C@H](N)C(=O)NCC(=O)NCc1cccc(C(N)=O)c1. The Kier molecular flexibility index (Phi) is 6.52. The van der Waals surface area contributed by atoms with Gasteiger partial charge in [-0.05, 0) is 23.6 Å². The van der Waals surface area contributed by atoms with Crippen molar-refractivity contribution in [1.82, 2.24) is 10.6 Å². The van der Waals surface area contributed by atoms with E-state index in [0.29, 0.717) is 5.56 Å². The molecule has 6 N–H and O–H groups in total. The van der Waals surface area contributed by atoms with Crippen LogP contribution in [0.2, 0.25) is 0 Å². The molecule has 0 aliphatic rings. The Labute approximate surface area is 129 Å². The summed E-state index contributed by atoms with van der Waals surface area (Å²) in [6.45, 7) is 3.76. The number of nitrogens with one attached hydrogen (secondary N) is 2. The number of carbonyl (C=O) groups is 3. The highest BCUT2D eigenvalue weighted by Crippen LogP contribution is 2.04. The van der Waals surface area contributed by atoms with Gasteiger partial charge in [0.15, 0.2) is 0 Å². The standard InChI is InChI=1S/C15H22N4O3/c1-9(2)13(16)15(22)19-8-12(20)18-7-10-4-3-5-11(6-10)14(17)21/h3-6,9,13H,7-8,16H2,1-2H3,(H2,17,21)(H,18,20)(H,19,22)/t13-/m0/s1. The van der Waals surface area contributed by atoms with E-state index in [1.165, 1.54) is 0 Å². The minimum atomic E-state index is -0.639. The Balaban J connectivity index is 2.42. The van der Waals surface area contributed by atoms with Crippen LogP contribution in [0.5, 0.6) is 0 Å². The van der Waals surface area contributed by atoms with Crippen LogP contribution in [0.1, 0.15) is 29.8 Å². The van der Waals surface area contributed by atoms with Crippen LogP contribution in [0.15, 0.2) is 24.3 Å². The van der Waals surface area contributed by atoms with Crippen molar-refractivity contribution < 1.29 is 14.4 Å². The lowest BCUT2D eigenvalue weighted by Gasteiger charge is -2.15. The van der Waals surface area contributed by atoms with Crippen LogP contribution in [-0.4, -0.2) is 30.3 Å². The Morgan fingerprint density at radius 1 is 1.18 bits per heavy atom. The molecule has 7 heteroatoms. The summed E-state index contributed by atoms with van der Waals surface area (Å²) in [4.78, 5) is 34.4. The molecule has 0 unspecified atom stereocenters. The molecule has 1 atom stereocenters. The molecule has 1 rings (SSSR count). The van der Waals surface area contributed by atoms with E-state index < -0.39 is 11.9 Å². The molecule has 3 amide bonds. The third kappa shape index (κ3) is 5.53. The van der Waals surface area contributed by atoms with Gasteiger partial charge in [0.25, 0.3) is 0 Å². The molecule has 0 aromatic heterocycles. The number of carbonyl (C=O) groups excluding carboxylic acids is 3. The molecule has 0 radical (unpaired) electrons. The van der Waals surface area contributed by atoms with Gasteiger partial charge in [-0.2, -0.15) is 0 Å². The van der Waals surface area contributed by atoms with Crippen molar-refractivity contribution in [2.24, 2.45) is 17.4 Å². The van der Waals surface area contributed by atoms with Crippen molar-refractivity contribution in [3.63, 3.8) is 0 Å². The van der Waals surface area contributed by atoms with E-state index in [1.807, 2.05) is 13.8 Å². The van der Waals surface area contributed by atoms with E-state index >= 15 is 0 Å². The summed E-state index contributed by atoms with van der Waals surface area (Å²) in [5.74, 6) is -1.22. The van der Waals surface area contributed by atoms with Gasteiger partial charge in [-0.25, -0.2) is 0 Å². The first-order chi connectivity index (χ1) is 10.3. The molecule has 1 aromatic carbocycles. The topological polar surface area (TPSA) is 127 Å². The predicted molar refractivity (Wildman–Crippen MR) is 82.6 cm³/mol. The van der Waals surface area contributed by atoms with Crippen LogP contribution in [0.4, 0.5) is 0 Å². The van der Waals surface area contributed by atoms with E-state index in [2.05, 4.69) is 10.6 Å². The van der Waals surface area contributed by atoms with Gasteiger partial charge in [-0.3, -0.25) is 14.4 Å². The van der Waals surface area contributed by atoms with Gasteiger partial charge in [0.05, 0.1) is 12.6 Å². The number of primary amides is 1. The lowest BCUT2D eigenvalue weighted by atomic mass is 10.1. The summed E-state index contributed by atoms with van der Waals surface area (Å²) < 4.78 is 0. The van der Waals surface area contributed by atoms with Crippen LogP contribution in [-0.2, 0) is 16.1 Å². The zero-order valence-corrected chi connectivity index (χ0v) is 12.8. The highest BCUT2D eigenvalue weighted by atomic mass is 16.2. The van der Waals surface area contributed by atoms with Crippen LogP contribution < -0.4 is 22.1 Å². The zero-order chi connectivity index (χ0) is 16.7. The van der Waals surface area contributed by atoms with Crippen molar-refractivity contribution in [3.05, 3.63) is 35.4 Å². The third-order valence-electron chi connectivity index (χ3n) is 3.15. The molecule has 120 valence electrons. The van der Waals surface area contributed by atoms with Gasteiger partial charge in [-0.1, -0.05) is 26.0 Å². The summed E-state index contributed by atoms with van der Waals surface area (Å²) in [5.41, 5.74) is 12.0. The Morgan fingerprint density at radius 2 is 1.86 bits per heavy atom. The van der Waals surface area contributed by atoms with Gasteiger partial charge < -0.3 is 22.1 Å². The average molecular weight is 306 g/mol. The maximum absolute atomic E-state index is 11.7. The maximum atomic E-state index is 11.7. The van der Waals surface area contributed by atoms with E-state index in [9.17, 15) is 14.4 Å². The first kappa shape index (κ1) is 17.6. The molecule has 0 spiro atoms. The van der Waals surface area contributed by atoms with Crippen molar-refractivity contribution in [1.29, 1.82) is 0 Å². The van der Waals surface area contributed by atoms with Gasteiger partial charge in [0.2, 0.25) is 17.7 Å². The number of nitrogens with two attached hydrogens (primary N) is 2. The second-order valence-electron chi connectivity index (χ2n) is 5.33. The lowest BCUT2D eigenvalue weighted by molar-refractivity contribution is -0.127. The summed E-state index contributed by atoms with van der Waals surface area (Å²) in [5, 5.41) is 5.12. The van der Waals surface area contributed by atoms with Gasteiger partial charge >= 0.3 is 0 Å². The third-order valence-corrected chi connectivity index (χ3v) is 3.15. The second kappa shape index (κ2) is 8.14. The van der Waals surface area contributed by atoms with Crippen molar-refractivity contribution >= 4 is 17.7 Å². The number of benzene rings is 1. The number of amides is 3. The Hall–Kier alpha value is -2.41. The minimum Gasteiger partial charge on any atom is -0.366 e. The monoisotopic (exact) mass is 306 g/mol. The molecule has 0 heterocycles. The van der Waals surface area contributed by atoms with E-state index in [0.717, 1.165) is 5.56 Å². The largest absolute Gasteiger partial charge is 0.366 e. The fourth-order valence-electron chi connectivity index (χ4n) is 1.69. The molecule has 0 saturated carbocycles. The highest BCUT2D eigenvalue weighted by Gasteiger charge is 2.17. The molecule has 7 nitrogen and oxygen atoms in total. The quantitative estimate of drug-likeness (QED) is 0.541. The molecule has 0 saturated heterocycles. The van der Waals surface area contributed by atoms with Gasteiger partial charge in [-0.15, -0.1) is 0 Å². The molecule has 1 aromatic rings. The Morgan fingerprint density at radius 3 is 2.45 bits per heavy atom. The van der Waals surface area contributed by atoms with Crippen molar-refractivity contribution in [2.45, 2.75) is 26.4 Å². The normalized spacial score (nSPS) is 11.8. The number of hydrogen-bond donors (Lipinski definition) is 4. The first-order valence-corrected chi connectivity index (χ1v) is 7.00. The van der Waals surface area contributed by atoms with Crippen LogP contribution >= 0.6 is 0 Å². The van der Waals surface area contributed by atoms with Gasteiger partial charge in [0, 0.05) is 12.1 Å². The number of rotatable bonds is 7. The van der Waals surface area contributed by atoms with Gasteiger partial charge in [0.1, 0.15) is 0 Å². The van der Waals surface area contributed by atoms with Crippen LogP contribution in [0, 0.1) is 5.92 Å². The fraction of sp³-hybridized carbons (Fsp3) is 0.400. The molecule has 0 bridgehead atoms. The maximum Gasteiger partial charge on any atom is 0.248 e. The van der Waals surface area contributed by atoms with Crippen LogP contribution in [0.25, 0.3) is 0 Å². The summed E-state index contributed by atoms with van der Waals surface area (Å²) in [6.07, 6.45) is 0. The van der Waals surface area contributed by atoms with Crippen molar-refractivity contribution in [2.75, 3.05) is 6.54 Å². The molecule has 0 aliphatic carbocycles. The summed E-state index contributed by atoms with van der Waals surface area (Å²) >= 11 is 0. The smallest absolute Gasteiger partial charge is 0.248 e. The van der Waals surface area contributed by atoms with Crippen LogP contribution in [0.3, 0.4) is 0 Å². The molecule has 0 aliphatic heterocycles. The van der Waals surface area contributed by atoms with Crippen molar-refractivity contribution in [3.8, 4) is 0 Å². The Bertz CT molecular complexity index is 557. The molecule has 22 heavy (non-hydrogen) atoms. The van der Waals surface area contributed by atoms with E-state index in [-0.39, 0.29) is 30.8 Å². The van der Waals surface area contributed by atoms with E-state index in [4.69, 9.17) is 11.5 Å². The minimum absolute atomic E-state index is 0.000370. The average Bonchev–Trinajstić information content (AvgIpc) is 2.49. The lowest BCUT2D eigenvalue weighted by Crippen LogP contribution is -2.47. The molecule has 0 fully saturated rings. The first-order valence-electron chi connectivity index (χ1n) is 7.00. The fourth-order valence-corrected chi connectivity index (χ4v) is 1.69. The highest BCUT2D eigenvalue weighted by molar-refractivity contribution is 5.93. The second-order valence-corrected chi connectivity index (χ2v) is 5.33. The predicted octanol–water partition coefficient (Wildman–Crippen LogP) is -0.499. The zero-order valence-electron chi connectivity index (χ0n) is 12.8. The molecular formula is C15H22N4O3. The molecular weight excluding hydrogens is 284 g/mol. The summed E-state index contributed by atoms with van der Waals surface area (Å²) in [7, 11) is 0. The number of hydrogen-bond acceptors (Lipinski definition) is 4. The van der Waals surface area contributed by atoms with E-state index in [1.54, 1.807) is 24.3 Å².